The van der Waals surface area contributed by atoms with Gasteiger partial charge in [-0.15, -0.1) is 0 Å². The van der Waals surface area contributed by atoms with Gasteiger partial charge in [0.15, 0.2) is 5.96 Å². The third-order valence-corrected chi connectivity index (χ3v) is 4.07. The van der Waals surface area contributed by atoms with Gasteiger partial charge in [-0.05, 0) is 39.3 Å². The lowest BCUT2D eigenvalue weighted by molar-refractivity contribution is 0.316. The molecular weight excluding hydrogens is 212 g/mol. The molecule has 2 aliphatic heterocycles. The summed E-state index contributed by atoms with van der Waals surface area (Å²) < 4.78 is 0. The summed E-state index contributed by atoms with van der Waals surface area (Å²) in [6.45, 7) is 4.27. The molecule has 2 saturated heterocycles. The van der Waals surface area contributed by atoms with E-state index in [9.17, 15) is 0 Å². The van der Waals surface area contributed by atoms with E-state index >= 15 is 0 Å². The van der Waals surface area contributed by atoms with Gasteiger partial charge in [0, 0.05) is 19.1 Å². The van der Waals surface area contributed by atoms with E-state index in [1.807, 2.05) is 0 Å². The van der Waals surface area contributed by atoms with Crippen LogP contribution in [0.1, 0.15) is 38.5 Å². The quantitative estimate of drug-likeness (QED) is 0.582. The minimum atomic E-state index is 0.612. The zero-order valence-electron chi connectivity index (χ0n) is 11.1. The van der Waals surface area contributed by atoms with Crippen LogP contribution in [0.2, 0.25) is 0 Å². The van der Waals surface area contributed by atoms with Crippen molar-refractivity contribution in [1.82, 2.24) is 9.80 Å². The molecule has 1 atom stereocenters. The number of guanidine groups is 1. The van der Waals surface area contributed by atoms with Crippen molar-refractivity contribution in [1.29, 1.82) is 0 Å². The number of hydrogen-bond acceptors (Lipinski definition) is 2. The van der Waals surface area contributed by atoms with Crippen molar-refractivity contribution >= 4 is 5.96 Å². The highest BCUT2D eigenvalue weighted by molar-refractivity contribution is 5.78. The number of hydrogen-bond donors (Lipinski definition) is 1. The highest BCUT2D eigenvalue weighted by atomic mass is 15.3. The standard InChI is InChI=1S/C13H26N4/c1-16-8-6-7-12(16)11-15-13(14)17-9-4-2-3-5-10-17/h12H,2-11H2,1H3,(H2,14,15). The highest BCUT2D eigenvalue weighted by Gasteiger charge is 2.20. The van der Waals surface area contributed by atoms with Gasteiger partial charge in [-0.3, -0.25) is 4.99 Å². The maximum atomic E-state index is 6.10. The van der Waals surface area contributed by atoms with Crippen LogP contribution in [-0.2, 0) is 0 Å². The molecule has 2 fully saturated rings. The van der Waals surface area contributed by atoms with Crippen LogP contribution >= 0.6 is 0 Å². The van der Waals surface area contributed by atoms with E-state index in [0.29, 0.717) is 6.04 Å². The minimum Gasteiger partial charge on any atom is -0.370 e. The van der Waals surface area contributed by atoms with E-state index in [1.165, 1.54) is 45.1 Å². The summed E-state index contributed by atoms with van der Waals surface area (Å²) in [6, 6.07) is 0.612. The Morgan fingerprint density at radius 1 is 1.12 bits per heavy atom. The fourth-order valence-corrected chi connectivity index (χ4v) is 2.81. The van der Waals surface area contributed by atoms with E-state index in [-0.39, 0.29) is 0 Å². The molecule has 98 valence electrons. The Morgan fingerprint density at radius 2 is 1.82 bits per heavy atom. The molecule has 0 amide bonds. The molecule has 0 spiro atoms. The second-order valence-electron chi connectivity index (χ2n) is 5.38. The number of nitrogens with zero attached hydrogens (tertiary/aromatic N) is 3. The fourth-order valence-electron chi connectivity index (χ4n) is 2.81. The Morgan fingerprint density at radius 3 is 2.41 bits per heavy atom. The van der Waals surface area contributed by atoms with Gasteiger partial charge >= 0.3 is 0 Å². The van der Waals surface area contributed by atoms with Gasteiger partial charge in [0.2, 0.25) is 0 Å². The van der Waals surface area contributed by atoms with Crippen LogP contribution < -0.4 is 5.73 Å². The molecule has 17 heavy (non-hydrogen) atoms. The van der Waals surface area contributed by atoms with Crippen LogP contribution in [0, 0.1) is 0 Å². The Labute approximate surface area is 105 Å². The molecule has 0 aromatic heterocycles. The number of likely N-dealkylation sites (tertiary alicyclic amines) is 2. The molecule has 4 nitrogen and oxygen atoms in total. The summed E-state index contributed by atoms with van der Waals surface area (Å²) in [7, 11) is 2.19. The monoisotopic (exact) mass is 238 g/mol. The molecule has 0 radical (unpaired) electrons. The molecule has 0 aromatic carbocycles. The summed E-state index contributed by atoms with van der Waals surface area (Å²) in [5.74, 6) is 0.771. The van der Waals surface area contributed by atoms with Gasteiger partial charge < -0.3 is 15.5 Å². The fraction of sp³-hybridized carbons (Fsp3) is 0.923. The first-order chi connectivity index (χ1) is 8.27. The molecule has 2 N–H and O–H groups in total. The van der Waals surface area contributed by atoms with Crippen molar-refractivity contribution < 1.29 is 0 Å². The summed E-state index contributed by atoms with van der Waals surface area (Å²) in [4.78, 5) is 9.27. The molecule has 0 aliphatic carbocycles. The van der Waals surface area contributed by atoms with Gasteiger partial charge in [-0.2, -0.15) is 0 Å². The number of likely N-dealkylation sites (N-methyl/N-ethyl adjacent to an activating group) is 1. The Kier molecular flexibility index (Phi) is 4.66. The summed E-state index contributed by atoms with van der Waals surface area (Å²) in [5.41, 5.74) is 6.10. The molecule has 2 heterocycles. The van der Waals surface area contributed by atoms with Gasteiger partial charge in [-0.25, -0.2) is 0 Å². The second-order valence-corrected chi connectivity index (χ2v) is 5.38. The summed E-state index contributed by atoms with van der Waals surface area (Å²) in [5, 5.41) is 0. The molecule has 4 heteroatoms. The van der Waals surface area contributed by atoms with Crippen molar-refractivity contribution in [3.63, 3.8) is 0 Å². The lowest BCUT2D eigenvalue weighted by Gasteiger charge is -2.23. The molecular formula is C13H26N4. The lowest BCUT2D eigenvalue weighted by atomic mass is 10.2. The van der Waals surface area contributed by atoms with Crippen LogP contribution in [0.5, 0.6) is 0 Å². The van der Waals surface area contributed by atoms with Crippen molar-refractivity contribution in [2.75, 3.05) is 33.2 Å². The van der Waals surface area contributed by atoms with Crippen LogP contribution in [0.25, 0.3) is 0 Å². The maximum absolute atomic E-state index is 6.10. The average molecular weight is 238 g/mol. The molecule has 0 saturated carbocycles. The van der Waals surface area contributed by atoms with Crippen LogP contribution in [0.15, 0.2) is 4.99 Å². The van der Waals surface area contributed by atoms with Crippen LogP contribution in [0.4, 0.5) is 0 Å². The first kappa shape index (κ1) is 12.7. The number of aliphatic imine (C=N–C) groups is 1. The average Bonchev–Trinajstić information content (AvgIpc) is 2.58. The predicted octanol–water partition coefficient (Wildman–Crippen LogP) is 1.27. The normalized spacial score (nSPS) is 28.4. The molecule has 1 unspecified atom stereocenters. The summed E-state index contributed by atoms with van der Waals surface area (Å²) >= 11 is 0. The first-order valence-electron chi connectivity index (χ1n) is 7.02. The van der Waals surface area contributed by atoms with Gasteiger partial charge in [0.05, 0.1) is 6.54 Å². The second kappa shape index (κ2) is 6.24. The molecule has 0 aromatic rings. The Bertz CT molecular complexity index is 256. The van der Waals surface area contributed by atoms with Crippen LogP contribution in [-0.4, -0.2) is 55.0 Å². The van der Waals surface area contributed by atoms with Crippen molar-refractivity contribution in [3.8, 4) is 0 Å². The topological polar surface area (TPSA) is 44.9 Å². The van der Waals surface area contributed by atoms with E-state index in [1.54, 1.807) is 0 Å². The van der Waals surface area contributed by atoms with Gasteiger partial charge in [-0.1, -0.05) is 12.8 Å². The lowest BCUT2D eigenvalue weighted by Crippen LogP contribution is -2.39. The Hall–Kier alpha value is -0.770. The zero-order valence-corrected chi connectivity index (χ0v) is 11.1. The third-order valence-electron chi connectivity index (χ3n) is 4.07. The third kappa shape index (κ3) is 3.60. The van der Waals surface area contributed by atoms with Crippen LogP contribution in [0.3, 0.4) is 0 Å². The SMILES string of the molecule is CN1CCCC1CN=C(N)N1CCCCCC1. The smallest absolute Gasteiger partial charge is 0.191 e. The van der Waals surface area contributed by atoms with Gasteiger partial charge in [0.1, 0.15) is 0 Å². The highest BCUT2D eigenvalue weighted by Crippen LogP contribution is 2.15. The number of nitrogens with two attached hydrogens (primary N) is 1. The summed E-state index contributed by atoms with van der Waals surface area (Å²) in [6.07, 6.45) is 7.79. The van der Waals surface area contributed by atoms with E-state index < -0.39 is 0 Å². The zero-order chi connectivity index (χ0) is 12.1. The molecule has 2 aliphatic rings. The maximum Gasteiger partial charge on any atom is 0.191 e. The first-order valence-corrected chi connectivity index (χ1v) is 7.02. The van der Waals surface area contributed by atoms with E-state index in [0.717, 1.165) is 25.6 Å². The number of rotatable bonds is 2. The van der Waals surface area contributed by atoms with Gasteiger partial charge in [0.25, 0.3) is 0 Å². The largest absolute Gasteiger partial charge is 0.370 e. The van der Waals surface area contributed by atoms with E-state index in [2.05, 4.69) is 21.8 Å². The van der Waals surface area contributed by atoms with Crippen molar-refractivity contribution in [2.45, 2.75) is 44.6 Å². The molecule has 0 bridgehead atoms. The minimum absolute atomic E-state index is 0.612. The van der Waals surface area contributed by atoms with Crippen molar-refractivity contribution in [2.24, 2.45) is 10.7 Å². The van der Waals surface area contributed by atoms with Crippen molar-refractivity contribution in [3.05, 3.63) is 0 Å². The predicted molar refractivity (Wildman–Crippen MR) is 72.2 cm³/mol. The van der Waals surface area contributed by atoms with E-state index in [4.69, 9.17) is 5.73 Å². The molecule has 2 rings (SSSR count). The Balaban J connectivity index is 1.82.